The first kappa shape index (κ1) is 14.7. The summed E-state index contributed by atoms with van der Waals surface area (Å²) in [7, 11) is 0. The predicted molar refractivity (Wildman–Crippen MR) is 71.8 cm³/mol. The van der Waals surface area contributed by atoms with Crippen molar-refractivity contribution in [3.63, 3.8) is 0 Å². The molecule has 0 aliphatic rings. The minimum absolute atomic E-state index is 0.146. The number of benzene rings is 1. The molecule has 0 aliphatic carbocycles. The lowest BCUT2D eigenvalue weighted by atomic mass is 9.86. The highest BCUT2D eigenvalue weighted by molar-refractivity contribution is 5.82. The molecule has 18 heavy (non-hydrogen) atoms. The Kier molecular flexibility index (Phi) is 4.87. The SMILES string of the molecule is CC(C)(C)[C@@H](N)C(=O)N[C@H](CO)c1ccccc1. The third-order valence-corrected chi connectivity index (χ3v) is 2.92. The maximum atomic E-state index is 12.0. The van der Waals surface area contributed by atoms with Crippen molar-refractivity contribution in [3.8, 4) is 0 Å². The summed E-state index contributed by atoms with van der Waals surface area (Å²) < 4.78 is 0. The maximum absolute atomic E-state index is 12.0. The van der Waals surface area contributed by atoms with Gasteiger partial charge in [0.1, 0.15) is 0 Å². The highest BCUT2D eigenvalue weighted by Gasteiger charge is 2.28. The van der Waals surface area contributed by atoms with Crippen molar-refractivity contribution in [3.05, 3.63) is 35.9 Å². The van der Waals surface area contributed by atoms with Crippen LogP contribution in [0.3, 0.4) is 0 Å². The van der Waals surface area contributed by atoms with Gasteiger partial charge in [-0.3, -0.25) is 4.79 Å². The topological polar surface area (TPSA) is 75.4 Å². The molecule has 4 heteroatoms. The van der Waals surface area contributed by atoms with Gasteiger partial charge in [-0.15, -0.1) is 0 Å². The zero-order valence-corrected chi connectivity index (χ0v) is 11.2. The normalized spacial score (nSPS) is 14.9. The van der Waals surface area contributed by atoms with E-state index in [2.05, 4.69) is 5.32 Å². The average molecular weight is 250 g/mol. The van der Waals surface area contributed by atoms with Crippen LogP contribution in [0.25, 0.3) is 0 Å². The molecule has 100 valence electrons. The summed E-state index contributed by atoms with van der Waals surface area (Å²) in [5.74, 6) is -0.245. The van der Waals surface area contributed by atoms with Crippen molar-refractivity contribution in [1.82, 2.24) is 5.32 Å². The monoisotopic (exact) mass is 250 g/mol. The summed E-state index contributed by atoms with van der Waals surface area (Å²) in [6.07, 6.45) is 0. The van der Waals surface area contributed by atoms with Gasteiger partial charge in [-0.2, -0.15) is 0 Å². The summed E-state index contributed by atoms with van der Waals surface area (Å²) in [4.78, 5) is 12.0. The Morgan fingerprint density at radius 3 is 2.33 bits per heavy atom. The first-order valence-electron chi connectivity index (χ1n) is 6.08. The van der Waals surface area contributed by atoms with E-state index in [0.29, 0.717) is 0 Å². The van der Waals surface area contributed by atoms with Gasteiger partial charge in [-0.1, -0.05) is 51.1 Å². The second kappa shape index (κ2) is 5.98. The summed E-state index contributed by atoms with van der Waals surface area (Å²) in [5, 5.41) is 12.1. The third kappa shape index (κ3) is 3.82. The van der Waals surface area contributed by atoms with Gasteiger partial charge in [0, 0.05) is 0 Å². The Bertz CT molecular complexity index is 385. The molecule has 2 atom stereocenters. The molecule has 1 aromatic rings. The third-order valence-electron chi connectivity index (χ3n) is 2.92. The molecule has 0 radical (unpaired) electrons. The van der Waals surface area contributed by atoms with Crippen molar-refractivity contribution < 1.29 is 9.90 Å². The number of amides is 1. The molecule has 4 nitrogen and oxygen atoms in total. The van der Waals surface area contributed by atoms with Crippen molar-refractivity contribution in [2.45, 2.75) is 32.9 Å². The Balaban J connectivity index is 2.73. The molecule has 0 fully saturated rings. The lowest BCUT2D eigenvalue weighted by Gasteiger charge is -2.28. The Morgan fingerprint density at radius 2 is 1.89 bits per heavy atom. The van der Waals surface area contributed by atoms with Gasteiger partial charge in [-0.05, 0) is 11.0 Å². The Morgan fingerprint density at radius 1 is 1.33 bits per heavy atom. The molecule has 0 saturated carbocycles. The molecule has 4 N–H and O–H groups in total. The fourth-order valence-electron chi connectivity index (χ4n) is 1.57. The summed E-state index contributed by atoms with van der Waals surface area (Å²) in [6, 6.07) is 8.35. The number of nitrogens with one attached hydrogen (secondary N) is 1. The fraction of sp³-hybridized carbons (Fsp3) is 0.500. The molecular formula is C14H22N2O2. The molecule has 0 unspecified atom stereocenters. The average Bonchev–Trinajstić information content (AvgIpc) is 2.34. The number of carbonyl (C=O) groups is 1. The van der Waals surface area contributed by atoms with Crippen molar-refractivity contribution in [2.24, 2.45) is 11.1 Å². The molecule has 0 aromatic heterocycles. The highest BCUT2D eigenvalue weighted by Crippen LogP contribution is 2.19. The van der Waals surface area contributed by atoms with Gasteiger partial charge in [0.05, 0.1) is 18.7 Å². The quantitative estimate of drug-likeness (QED) is 0.752. The maximum Gasteiger partial charge on any atom is 0.238 e. The second-order valence-electron chi connectivity index (χ2n) is 5.50. The van der Waals surface area contributed by atoms with Crippen LogP contribution in [0.5, 0.6) is 0 Å². The van der Waals surface area contributed by atoms with Crippen molar-refractivity contribution >= 4 is 5.91 Å². The van der Waals surface area contributed by atoms with Gasteiger partial charge >= 0.3 is 0 Å². The molecule has 1 aromatic carbocycles. The van der Waals surface area contributed by atoms with Crippen LogP contribution in [-0.4, -0.2) is 23.7 Å². The summed E-state index contributed by atoms with van der Waals surface area (Å²) in [5.41, 5.74) is 6.45. The van der Waals surface area contributed by atoms with E-state index in [9.17, 15) is 9.90 Å². The van der Waals surface area contributed by atoms with E-state index in [4.69, 9.17) is 5.73 Å². The number of carbonyl (C=O) groups excluding carboxylic acids is 1. The van der Waals surface area contributed by atoms with Crippen LogP contribution >= 0.6 is 0 Å². The van der Waals surface area contributed by atoms with Crippen molar-refractivity contribution in [1.29, 1.82) is 0 Å². The van der Waals surface area contributed by atoms with Gasteiger partial charge in [0.15, 0.2) is 0 Å². The number of aliphatic hydroxyl groups excluding tert-OH is 1. The molecular weight excluding hydrogens is 228 g/mol. The fourth-order valence-corrected chi connectivity index (χ4v) is 1.57. The van der Waals surface area contributed by atoms with Crippen molar-refractivity contribution in [2.75, 3.05) is 6.61 Å². The Labute approximate surface area is 108 Å². The highest BCUT2D eigenvalue weighted by atomic mass is 16.3. The smallest absolute Gasteiger partial charge is 0.238 e. The van der Waals surface area contributed by atoms with E-state index in [-0.39, 0.29) is 17.9 Å². The lowest BCUT2D eigenvalue weighted by molar-refractivity contribution is -0.125. The zero-order valence-electron chi connectivity index (χ0n) is 11.2. The van der Waals surface area contributed by atoms with Gasteiger partial charge < -0.3 is 16.2 Å². The van der Waals surface area contributed by atoms with Gasteiger partial charge in [-0.25, -0.2) is 0 Å². The standard InChI is InChI=1S/C14H22N2O2/c1-14(2,3)12(15)13(18)16-11(9-17)10-7-5-4-6-8-10/h4-8,11-12,17H,9,15H2,1-3H3,(H,16,18)/t11-,12+/m1/s1. The first-order chi connectivity index (χ1) is 8.36. The number of nitrogens with two attached hydrogens (primary N) is 1. The van der Waals surface area contributed by atoms with E-state index in [1.165, 1.54) is 0 Å². The van der Waals surface area contributed by atoms with Crippen LogP contribution < -0.4 is 11.1 Å². The zero-order chi connectivity index (χ0) is 13.8. The molecule has 0 saturated heterocycles. The van der Waals surface area contributed by atoms with Crippen LogP contribution in [-0.2, 0) is 4.79 Å². The summed E-state index contributed by atoms with van der Waals surface area (Å²) in [6.45, 7) is 5.59. The molecule has 0 heterocycles. The molecule has 1 rings (SSSR count). The predicted octanol–water partition coefficient (Wildman–Crippen LogP) is 1.21. The van der Waals surface area contributed by atoms with E-state index in [0.717, 1.165) is 5.56 Å². The molecule has 0 bridgehead atoms. The molecule has 0 spiro atoms. The first-order valence-corrected chi connectivity index (χ1v) is 6.08. The number of hydrogen-bond acceptors (Lipinski definition) is 3. The van der Waals surface area contributed by atoms with E-state index < -0.39 is 12.1 Å². The van der Waals surface area contributed by atoms with Gasteiger partial charge in [0.25, 0.3) is 0 Å². The number of rotatable bonds is 4. The van der Waals surface area contributed by atoms with Gasteiger partial charge in [0.2, 0.25) is 5.91 Å². The van der Waals surface area contributed by atoms with Crippen LogP contribution in [0.2, 0.25) is 0 Å². The number of aliphatic hydroxyl groups is 1. The summed E-state index contributed by atoms with van der Waals surface area (Å²) >= 11 is 0. The van der Waals surface area contributed by atoms with Crippen LogP contribution in [0, 0.1) is 5.41 Å². The minimum Gasteiger partial charge on any atom is -0.394 e. The molecule has 1 amide bonds. The van der Waals surface area contributed by atoms with Crippen LogP contribution in [0.1, 0.15) is 32.4 Å². The number of hydrogen-bond donors (Lipinski definition) is 3. The van der Waals surface area contributed by atoms with E-state index >= 15 is 0 Å². The van der Waals surface area contributed by atoms with Crippen LogP contribution in [0.4, 0.5) is 0 Å². The van der Waals surface area contributed by atoms with E-state index in [1.807, 2.05) is 51.1 Å². The lowest BCUT2D eigenvalue weighted by Crippen LogP contribution is -2.49. The van der Waals surface area contributed by atoms with Crippen LogP contribution in [0.15, 0.2) is 30.3 Å². The minimum atomic E-state index is -0.602. The second-order valence-corrected chi connectivity index (χ2v) is 5.50. The van der Waals surface area contributed by atoms with E-state index in [1.54, 1.807) is 0 Å². The largest absolute Gasteiger partial charge is 0.394 e. The Hall–Kier alpha value is -1.39. The molecule has 0 aliphatic heterocycles.